The van der Waals surface area contributed by atoms with Crippen molar-refractivity contribution in [2.45, 2.75) is 13.2 Å². The molecular formula is C14H22N2O3. The van der Waals surface area contributed by atoms with Crippen LogP contribution in [0.15, 0.2) is 24.3 Å². The lowest BCUT2D eigenvalue weighted by Gasteiger charge is -2.10. The van der Waals surface area contributed by atoms with Crippen LogP contribution in [0, 0.1) is 0 Å². The summed E-state index contributed by atoms with van der Waals surface area (Å²) in [6.45, 7) is 2.60. The van der Waals surface area contributed by atoms with Gasteiger partial charge in [0.2, 0.25) is 5.91 Å². The molecule has 0 heterocycles. The maximum absolute atomic E-state index is 11.5. The van der Waals surface area contributed by atoms with E-state index >= 15 is 0 Å². The highest BCUT2D eigenvalue weighted by atomic mass is 16.5. The predicted molar refractivity (Wildman–Crippen MR) is 73.7 cm³/mol. The Hall–Kier alpha value is -1.43. The number of nitrogens with one attached hydrogen (secondary N) is 2. The van der Waals surface area contributed by atoms with E-state index in [1.165, 1.54) is 0 Å². The fourth-order valence-electron chi connectivity index (χ4n) is 1.69. The molecule has 1 rings (SSSR count). The number of hydrogen-bond donors (Lipinski definition) is 2. The Morgan fingerprint density at radius 1 is 1.16 bits per heavy atom. The van der Waals surface area contributed by atoms with Crippen molar-refractivity contribution in [3.8, 4) is 0 Å². The molecule has 0 radical (unpaired) electrons. The highest BCUT2D eigenvalue weighted by molar-refractivity contribution is 5.77. The second-order valence-corrected chi connectivity index (χ2v) is 4.15. The minimum Gasteiger partial charge on any atom is -0.383 e. The average molecular weight is 266 g/mol. The molecule has 1 aromatic carbocycles. The number of methoxy groups -OCH3 is 2. The van der Waals surface area contributed by atoms with E-state index in [1.807, 2.05) is 24.3 Å². The molecule has 19 heavy (non-hydrogen) atoms. The molecule has 0 unspecified atom stereocenters. The highest BCUT2D eigenvalue weighted by Gasteiger charge is 2.03. The Bertz CT molecular complexity index is 383. The van der Waals surface area contributed by atoms with Gasteiger partial charge < -0.3 is 20.1 Å². The van der Waals surface area contributed by atoms with Gasteiger partial charge in [-0.15, -0.1) is 0 Å². The van der Waals surface area contributed by atoms with Crippen LogP contribution < -0.4 is 10.6 Å². The van der Waals surface area contributed by atoms with Crippen LogP contribution in [0.25, 0.3) is 0 Å². The summed E-state index contributed by atoms with van der Waals surface area (Å²) in [5, 5.41) is 5.88. The minimum atomic E-state index is -0.0266. The van der Waals surface area contributed by atoms with Crippen molar-refractivity contribution in [3.05, 3.63) is 35.4 Å². The number of hydrogen-bond acceptors (Lipinski definition) is 4. The topological polar surface area (TPSA) is 59.6 Å². The van der Waals surface area contributed by atoms with Gasteiger partial charge >= 0.3 is 0 Å². The molecule has 0 aliphatic heterocycles. The van der Waals surface area contributed by atoms with Crippen LogP contribution in [-0.4, -0.2) is 39.8 Å². The van der Waals surface area contributed by atoms with Crippen LogP contribution in [0.4, 0.5) is 0 Å². The number of ether oxygens (including phenoxy) is 2. The molecule has 1 amide bonds. The van der Waals surface area contributed by atoms with Crippen molar-refractivity contribution in [1.29, 1.82) is 0 Å². The third-order valence-electron chi connectivity index (χ3n) is 2.65. The number of rotatable bonds is 9. The van der Waals surface area contributed by atoms with Gasteiger partial charge in [0.15, 0.2) is 0 Å². The van der Waals surface area contributed by atoms with Crippen LogP contribution in [0.1, 0.15) is 11.1 Å². The van der Waals surface area contributed by atoms with Gasteiger partial charge in [-0.25, -0.2) is 0 Å². The largest absolute Gasteiger partial charge is 0.383 e. The van der Waals surface area contributed by atoms with E-state index in [-0.39, 0.29) is 5.91 Å². The van der Waals surface area contributed by atoms with Gasteiger partial charge in [0.25, 0.3) is 0 Å². The predicted octanol–water partition coefficient (Wildman–Crippen LogP) is 0.685. The molecule has 0 saturated carbocycles. The molecule has 0 fully saturated rings. The molecule has 1 aromatic rings. The Labute approximate surface area is 114 Å². The summed E-state index contributed by atoms with van der Waals surface area (Å²) >= 11 is 0. The van der Waals surface area contributed by atoms with Gasteiger partial charge in [0.05, 0.1) is 19.8 Å². The van der Waals surface area contributed by atoms with Gasteiger partial charge in [-0.05, 0) is 11.1 Å². The first kappa shape index (κ1) is 15.6. The monoisotopic (exact) mass is 266 g/mol. The quantitative estimate of drug-likeness (QED) is 0.646. The Morgan fingerprint density at radius 2 is 1.89 bits per heavy atom. The zero-order chi connectivity index (χ0) is 13.9. The number of carbonyl (C=O) groups excluding carboxylic acids is 1. The smallest absolute Gasteiger partial charge is 0.234 e. The van der Waals surface area contributed by atoms with E-state index in [1.54, 1.807) is 14.2 Å². The second-order valence-electron chi connectivity index (χ2n) is 4.15. The number of amides is 1. The molecule has 5 heteroatoms. The lowest BCUT2D eigenvalue weighted by molar-refractivity contribution is -0.120. The molecule has 0 atom stereocenters. The summed E-state index contributed by atoms with van der Waals surface area (Å²) in [6, 6.07) is 8.02. The molecule has 0 aliphatic rings. The fraction of sp³-hybridized carbons (Fsp3) is 0.500. The molecule has 5 nitrogen and oxygen atoms in total. The van der Waals surface area contributed by atoms with Crippen LogP contribution in [-0.2, 0) is 27.4 Å². The summed E-state index contributed by atoms with van der Waals surface area (Å²) < 4.78 is 10.0. The Kier molecular flexibility index (Phi) is 7.81. The number of carbonyl (C=O) groups is 1. The first-order valence-corrected chi connectivity index (χ1v) is 6.30. The standard InChI is InChI=1S/C14H22N2O3/c1-18-8-7-16-14(17)10-15-9-12-5-3-4-6-13(12)11-19-2/h3-6,15H,7-11H2,1-2H3,(H,16,17). The minimum absolute atomic E-state index is 0.0266. The molecule has 0 aliphatic carbocycles. The van der Waals surface area contributed by atoms with Crippen LogP contribution in [0.3, 0.4) is 0 Å². The van der Waals surface area contributed by atoms with Crippen molar-refractivity contribution < 1.29 is 14.3 Å². The van der Waals surface area contributed by atoms with Crippen molar-refractivity contribution in [3.63, 3.8) is 0 Å². The van der Waals surface area contributed by atoms with E-state index in [4.69, 9.17) is 9.47 Å². The van der Waals surface area contributed by atoms with Crippen molar-refractivity contribution in [2.75, 3.05) is 33.9 Å². The third-order valence-corrected chi connectivity index (χ3v) is 2.65. The molecular weight excluding hydrogens is 244 g/mol. The summed E-state index contributed by atoms with van der Waals surface area (Å²) in [4.78, 5) is 11.5. The van der Waals surface area contributed by atoms with E-state index in [0.29, 0.717) is 32.8 Å². The molecule has 106 valence electrons. The normalized spacial score (nSPS) is 10.4. The van der Waals surface area contributed by atoms with Crippen LogP contribution >= 0.6 is 0 Å². The van der Waals surface area contributed by atoms with E-state index < -0.39 is 0 Å². The number of benzene rings is 1. The van der Waals surface area contributed by atoms with Crippen molar-refractivity contribution in [2.24, 2.45) is 0 Å². The molecule has 2 N–H and O–H groups in total. The summed E-state index contributed by atoms with van der Waals surface area (Å²) in [7, 11) is 3.28. The summed E-state index contributed by atoms with van der Waals surface area (Å²) in [5.74, 6) is -0.0266. The SMILES string of the molecule is COCCNC(=O)CNCc1ccccc1COC. The van der Waals surface area contributed by atoms with E-state index in [9.17, 15) is 4.79 Å². The Morgan fingerprint density at radius 3 is 2.58 bits per heavy atom. The molecule has 0 aromatic heterocycles. The van der Waals surface area contributed by atoms with Crippen molar-refractivity contribution >= 4 is 5.91 Å². The van der Waals surface area contributed by atoms with Gasteiger partial charge in [-0.2, -0.15) is 0 Å². The maximum Gasteiger partial charge on any atom is 0.234 e. The highest BCUT2D eigenvalue weighted by Crippen LogP contribution is 2.09. The van der Waals surface area contributed by atoms with Gasteiger partial charge in [0.1, 0.15) is 0 Å². The van der Waals surface area contributed by atoms with Gasteiger partial charge in [-0.1, -0.05) is 24.3 Å². The first-order chi connectivity index (χ1) is 9.27. The van der Waals surface area contributed by atoms with E-state index in [2.05, 4.69) is 10.6 Å². The van der Waals surface area contributed by atoms with Crippen molar-refractivity contribution in [1.82, 2.24) is 10.6 Å². The molecule has 0 spiro atoms. The lowest BCUT2D eigenvalue weighted by atomic mass is 10.1. The fourth-order valence-corrected chi connectivity index (χ4v) is 1.69. The maximum atomic E-state index is 11.5. The van der Waals surface area contributed by atoms with Crippen LogP contribution in [0.2, 0.25) is 0 Å². The zero-order valence-electron chi connectivity index (χ0n) is 11.6. The average Bonchev–Trinajstić information content (AvgIpc) is 2.41. The molecule has 0 saturated heterocycles. The van der Waals surface area contributed by atoms with Gasteiger partial charge in [-0.3, -0.25) is 4.79 Å². The lowest BCUT2D eigenvalue weighted by Crippen LogP contribution is -2.35. The molecule has 0 bridgehead atoms. The summed E-state index contributed by atoms with van der Waals surface area (Å²) in [6.07, 6.45) is 0. The summed E-state index contributed by atoms with van der Waals surface area (Å²) in [5.41, 5.74) is 2.28. The third kappa shape index (κ3) is 6.33. The Balaban J connectivity index is 2.30. The van der Waals surface area contributed by atoms with E-state index in [0.717, 1.165) is 11.1 Å². The first-order valence-electron chi connectivity index (χ1n) is 6.30. The second kappa shape index (κ2) is 9.49. The van der Waals surface area contributed by atoms with Gasteiger partial charge in [0, 0.05) is 27.3 Å². The van der Waals surface area contributed by atoms with Crippen LogP contribution in [0.5, 0.6) is 0 Å². The zero-order valence-corrected chi connectivity index (χ0v) is 11.6.